The molecule has 3 N–H and O–H groups in total. The minimum Gasteiger partial charge on any atom is -0.385 e. The van der Waals surface area contributed by atoms with Crippen LogP contribution in [0.2, 0.25) is 0 Å². The third-order valence-corrected chi connectivity index (χ3v) is 2.39. The average molecular weight is 202 g/mol. The van der Waals surface area contributed by atoms with Gasteiger partial charge in [-0.05, 0) is 37.8 Å². The van der Waals surface area contributed by atoms with Crippen molar-refractivity contribution in [2.45, 2.75) is 33.1 Å². The maximum absolute atomic E-state index is 5.42. The van der Waals surface area contributed by atoms with Gasteiger partial charge in [0.25, 0.3) is 0 Å². The summed E-state index contributed by atoms with van der Waals surface area (Å²) in [5.74, 6) is 0. The number of methoxy groups -OCH3 is 1. The predicted octanol–water partition coefficient (Wildman–Crippen LogP) is 1.38. The van der Waals surface area contributed by atoms with Crippen molar-refractivity contribution in [2.24, 2.45) is 11.1 Å². The number of hydrogen-bond acceptors (Lipinski definition) is 3. The van der Waals surface area contributed by atoms with Crippen molar-refractivity contribution < 1.29 is 4.74 Å². The third-order valence-electron chi connectivity index (χ3n) is 2.39. The minimum atomic E-state index is 0.332. The van der Waals surface area contributed by atoms with Crippen LogP contribution < -0.4 is 11.1 Å². The fraction of sp³-hybridized carbons (Fsp3) is 1.00. The summed E-state index contributed by atoms with van der Waals surface area (Å²) in [4.78, 5) is 0. The largest absolute Gasteiger partial charge is 0.385 e. The van der Waals surface area contributed by atoms with Gasteiger partial charge < -0.3 is 15.8 Å². The Morgan fingerprint density at radius 2 is 2.00 bits per heavy atom. The van der Waals surface area contributed by atoms with Crippen LogP contribution in [0.5, 0.6) is 0 Å². The van der Waals surface area contributed by atoms with E-state index in [0.717, 1.165) is 39.1 Å². The first kappa shape index (κ1) is 13.9. The lowest BCUT2D eigenvalue weighted by atomic mass is 9.90. The van der Waals surface area contributed by atoms with Crippen LogP contribution in [0.15, 0.2) is 0 Å². The summed E-state index contributed by atoms with van der Waals surface area (Å²) in [6, 6.07) is 0. The summed E-state index contributed by atoms with van der Waals surface area (Å²) in [7, 11) is 1.75. The highest BCUT2D eigenvalue weighted by atomic mass is 16.5. The van der Waals surface area contributed by atoms with Gasteiger partial charge in [0.2, 0.25) is 0 Å². The van der Waals surface area contributed by atoms with E-state index < -0.39 is 0 Å². The van der Waals surface area contributed by atoms with E-state index in [1.807, 2.05) is 0 Å². The summed E-state index contributed by atoms with van der Waals surface area (Å²) < 4.78 is 5.08. The standard InChI is InChI=1S/C11H26N2O/c1-11(2,6-9-14-3)10-13-8-5-4-7-12/h13H,4-10,12H2,1-3H3. The van der Waals surface area contributed by atoms with Gasteiger partial charge >= 0.3 is 0 Å². The molecule has 0 radical (unpaired) electrons. The first-order valence-electron chi connectivity index (χ1n) is 5.52. The molecule has 0 aliphatic rings. The van der Waals surface area contributed by atoms with E-state index in [-0.39, 0.29) is 0 Å². The van der Waals surface area contributed by atoms with Crippen molar-refractivity contribution in [3.63, 3.8) is 0 Å². The second-order valence-electron chi connectivity index (χ2n) is 4.58. The first-order chi connectivity index (χ1) is 6.62. The number of nitrogens with one attached hydrogen (secondary N) is 1. The van der Waals surface area contributed by atoms with E-state index in [0.29, 0.717) is 5.41 Å². The first-order valence-corrected chi connectivity index (χ1v) is 5.52. The molecule has 0 aromatic carbocycles. The van der Waals surface area contributed by atoms with Gasteiger partial charge in [-0.25, -0.2) is 0 Å². The molecule has 0 saturated carbocycles. The van der Waals surface area contributed by atoms with Gasteiger partial charge in [-0.1, -0.05) is 13.8 Å². The Kier molecular flexibility index (Phi) is 8.14. The normalized spacial score (nSPS) is 12.0. The highest BCUT2D eigenvalue weighted by Gasteiger charge is 2.16. The summed E-state index contributed by atoms with van der Waals surface area (Å²) >= 11 is 0. The quantitative estimate of drug-likeness (QED) is 0.555. The van der Waals surface area contributed by atoms with E-state index in [1.54, 1.807) is 7.11 Å². The summed E-state index contributed by atoms with van der Waals surface area (Å²) in [6.45, 7) is 8.31. The number of unbranched alkanes of at least 4 members (excludes halogenated alkanes) is 1. The number of nitrogens with two attached hydrogens (primary N) is 1. The molecule has 0 fully saturated rings. The topological polar surface area (TPSA) is 47.3 Å². The Morgan fingerprint density at radius 1 is 1.29 bits per heavy atom. The molecular formula is C11H26N2O. The van der Waals surface area contributed by atoms with Crippen LogP contribution in [-0.4, -0.2) is 33.4 Å². The highest BCUT2D eigenvalue weighted by Crippen LogP contribution is 2.18. The Balaban J connectivity index is 3.35. The summed E-state index contributed by atoms with van der Waals surface area (Å²) in [6.07, 6.45) is 3.40. The SMILES string of the molecule is COCCC(C)(C)CNCCCCN. The van der Waals surface area contributed by atoms with Crippen LogP contribution >= 0.6 is 0 Å². The number of hydrogen-bond donors (Lipinski definition) is 2. The maximum atomic E-state index is 5.42. The smallest absolute Gasteiger partial charge is 0.0467 e. The molecule has 3 nitrogen and oxygen atoms in total. The molecule has 14 heavy (non-hydrogen) atoms. The van der Waals surface area contributed by atoms with Gasteiger partial charge in [0, 0.05) is 20.3 Å². The van der Waals surface area contributed by atoms with Crippen molar-refractivity contribution in [1.29, 1.82) is 0 Å². The molecule has 0 atom stereocenters. The molecule has 0 unspecified atom stereocenters. The monoisotopic (exact) mass is 202 g/mol. The number of rotatable bonds is 9. The maximum Gasteiger partial charge on any atom is 0.0467 e. The van der Waals surface area contributed by atoms with Crippen LogP contribution in [0.4, 0.5) is 0 Å². The molecular weight excluding hydrogens is 176 g/mol. The molecule has 0 heterocycles. The Bertz CT molecular complexity index is 126. The zero-order valence-electron chi connectivity index (χ0n) is 9.94. The van der Waals surface area contributed by atoms with Gasteiger partial charge in [-0.3, -0.25) is 0 Å². The highest BCUT2D eigenvalue weighted by molar-refractivity contribution is 4.71. The van der Waals surface area contributed by atoms with E-state index in [1.165, 1.54) is 6.42 Å². The Hall–Kier alpha value is -0.120. The molecule has 86 valence electrons. The van der Waals surface area contributed by atoms with Gasteiger partial charge in [-0.15, -0.1) is 0 Å². The molecule has 0 saturated heterocycles. The fourth-order valence-corrected chi connectivity index (χ4v) is 1.29. The average Bonchev–Trinajstić information content (AvgIpc) is 2.15. The van der Waals surface area contributed by atoms with Crippen LogP contribution in [-0.2, 0) is 4.74 Å². The van der Waals surface area contributed by atoms with Crippen molar-refractivity contribution in [3.8, 4) is 0 Å². The van der Waals surface area contributed by atoms with Crippen molar-refractivity contribution in [2.75, 3.05) is 33.4 Å². The molecule has 0 spiro atoms. The minimum absolute atomic E-state index is 0.332. The van der Waals surface area contributed by atoms with E-state index in [4.69, 9.17) is 10.5 Å². The van der Waals surface area contributed by atoms with Crippen LogP contribution in [0, 0.1) is 5.41 Å². The Labute approximate surface area is 88.4 Å². The number of ether oxygens (including phenoxy) is 1. The lowest BCUT2D eigenvalue weighted by molar-refractivity contribution is 0.151. The van der Waals surface area contributed by atoms with Crippen LogP contribution in [0.3, 0.4) is 0 Å². The lowest BCUT2D eigenvalue weighted by Gasteiger charge is -2.24. The molecule has 0 amide bonds. The molecule has 0 rings (SSSR count). The molecule has 0 aromatic rings. The fourth-order valence-electron chi connectivity index (χ4n) is 1.29. The summed E-state index contributed by atoms with van der Waals surface area (Å²) in [5.41, 5.74) is 5.75. The van der Waals surface area contributed by atoms with Gasteiger partial charge in [0.05, 0.1) is 0 Å². The lowest BCUT2D eigenvalue weighted by Crippen LogP contribution is -2.31. The van der Waals surface area contributed by atoms with Gasteiger partial charge in [0.1, 0.15) is 0 Å². The second kappa shape index (κ2) is 8.21. The van der Waals surface area contributed by atoms with Crippen molar-refractivity contribution >= 4 is 0 Å². The summed E-state index contributed by atoms with van der Waals surface area (Å²) in [5, 5.41) is 3.46. The van der Waals surface area contributed by atoms with E-state index in [2.05, 4.69) is 19.2 Å². The second-order valence-corrected chi connectivity index (χ2v) is 4.58. The van der Waals surface area contributed by atoms with Crippen molar-refractivity contribution in [3.05, 3.63) is 0 Å². The molecule has 0 aliphatic carbocycles. The third kappa shape index (κ3) is 8.48. The van der Waals surface area contributed by atoms with E-state index in [9.17, 15) is 0 Å². The molecule has 0 bridgehead atoms. The zero-order valence-corrected chi connectivity index (χ0v) is 9.94. The van der Waals surface area contributed by atoms with Crippen molar-refractivity contribution in [1.82, 2.24) is 5.32 Å². The molecule has 0 aromatic heterocycles. The zero-order chi connectivity index (χ0) is 10.9. The predicted molar refractivity (Wildman–Crippen MR) is 61.4 cm³/mol. The Morgan fingerprint density at radius 3 is 2.57 bits per heavy atom. The van der Waals surface area contributed by atoms with Gasteiger partial charge in [-0.2, -0.15) is 0 Å². The van der Waals surface area contributed by atoms with Gasteiger partial charge in [0.15, 0.2) is 0 Å². The molecule has 3 heteroatoms. The van der Waals surface area contributed by atoms with E-state index >= 15 is 0 Å². The van der Waals surface area contributed by atoms with Crippen LogP contribution in [0.1, 0.15) is 33.1 Å². The molecule has 0 aliphatic heterocycles. The van der Waals surface area contributed by atoms with Crippen LogP contribution in [0.25, 0.3) is 0 Å².